The van der Waals surface area contributed by atoms with Gasteiger partial charge in [0.05, 0.1) is 34.7 Å². The number of carbonyl (C=O) groups is 1. The Balaban J connectivity index is 1.52. The molecule has 0 fully saturated rings. The number of methoxy groups -OCH3 is 1. The summed E-state index contributed by atoms with van der Waals surface area (Å²) in [6.45, 7) is 2.64. The minimum Gasteiger partial charge on any atom is -0.497 e. The van der Waals surface area contributed by atoms with Crippen LogP contribution in [-0.4, -0.2) is 61.9 Å². The molecule has 0 saturated carbocycles. The number of nitrogens with zero attached hydrogens (tertiary/aromatic N) is 2. The van der Waals surface area contributed by atoms with Gasteiger partial charge in [-0.15, -0.1) is 11.6 Å². The van der Waals surface area contributed by atoms with E-state index in [2.05, 4.69) is 18.3 Å². The molecule has 2 aliphatic rings. The Bertz CT molecular complexity index is 1510. The molecule has 1 atom stereocenters. The SMILES string of the molecule is BC(B)(Cl)c1cc([N+](=O)[O-])cc(C(B)(B)Oc2cc3c(cc2OC)C(=O)N2c4ccc(C)cc4C[C@H]2CN3)c1. The van der Waals surface area contributed by atoms with E-state index in [-0.39, 0.29) is 17.6 Å². The van der Waals surface area contributed by atoms with Gasteiger partial charge in [0.1, 0.15) is 15.7 Å². The molecule has 0 aromatic heterocycles. The van der Waals surface area contributed by atoms with Crippen LogP contribution in [0, 0.1) is 17.0 Å². The molecule has 13 heteroatoms. The van der Waals surface area contributed by atoms with E-state index in [0.717, 1.165) is 12.1 Å². The third-order valence-electron chi connectivity index (χ3n) is 7.47. The van der Waals surface area contributed by atoms with Crippen LogP contribution in [0.15, 0.2) is 48.5 Å². The number of nitro groups is 1. The number of non-ortho nitro benzene ring substituents is 1. The predicted octanol–water partition coefficient (Wildman–Crippen LogP) is 0.980. The van der Waals surface area contributed by atoms with E-state index in [1.54, 1.807) is 27.8 Å². The number of nitrogens with one attached hydrogen (secondary N) is 1. The Hall–Kier alpha value is -3.52. The van der Waals surface area contributed by atoms with Crippen LogP contribution >= 0.6 is 11.6 Å². The van der Waals surface area contributed by atoms with Crippen molar-refractivity contribution in [1.29, 1.82) is 0 Å². The molecule has 0 unspecified atom stereocenters. The molecule has 0 radical (unpaired) electrons. The molecule has 0 bridgehead atoms. The normalized spacial score (nSPS) is 16.4. The lowest BCUT2D eigenvalue weighted by Gasteiger charge is -2.30. The van der Waals surface area contributed by atoms with E-state index in [1.165, 1.54) is 30.4 Å². The summed E-state index contributed by atoms with van der Waals surface area (Å²) in [6, 6.07) is 14.5. The molecule has 3 aromatic carbocycles. The molecule has 2 heterocycles. The highest BCUT2D eigenvalue weighted by Crippen LogP contribution is 2.42. The first kappa shape index (κ1) is 27.1. The largest absolute Gasteiger partial charge is 0.497 e. The van der Waals surface area contributed by atoms with Crippen molar-refractivity contribution in [2.75, 3.05) is 23.9 Å². The molecular formula is C26H28B4ClN3O5. The maximum absolute atomic E-state index is 13.8. The summed E-state index contributed by atoms with van der Waals surface area (Å²) in [5.74, 6) is 0.708. The molecule has 3 aromatic rings. The van der Waals surface area contributed by atoms with Gasteiger partial charge in [-0.05, 0) is 42.2 Å². The van der Waals surface area contributed by atoms with Crippen LogP contribution in [-0.2, 0) is 16.5 Å². The number of alkyl halides is 1. The van der Waals surface area contributed by atoms with Crippen molar-refractivity contribution in [3.8, 4) is 11.5 Å². The molecular weight excluding hydrogens is 513 g/mol. The van der Waals surface area contributed by atoms with Gasteiger partial charge < -0.3 is 19.7 Å². The van der Waals surface area contributed by atoms with Crippen LogP contribution in [0.2, 0.25) is 0 Å². The molecule has 0 aliphatic carbocycles. The first-order chi connectivity index (χ1) is 18.3. The quantitative estimate of drug-likeness (QED) is 0.217. The number of ether oxygens (including phenoxy) is 2. The molecule has 39 heavy (non-hydrogen) atoms. The highest BCUT2D eigenvalue weighted by Gasteiger charge is 2.38. The van der Waals surface area contributed by atoms with Gasteiger partial charge in [0.25, 0.3) is 11.6 Å². The van der Waals surface area contributed by atoms with E-state index < -0.39 is 15.0 Å². The number of rotatable bonds is 6. The molecule has 1 N–H and O–H groups in total. The van der Waals surface area contributed by atoms with Gasteiger partial charge in [0.15, 0.2) is 27.2 Å². The second kappa shape index (κ2) is 9.59. The Labute approximate surface area is 236 Å². The fourth-order valence-corrected chi connectivity index (χ4v) is 5.42. The van der Waals surface area contributed by atoms with E-state index in [0.29, 0.717) is 40.4 Å². The van der Waals surface area contributed by atoms with E-state index in [4.69, 9.17) is 21.1 Å². The number of fused-ring (bicyclic) bond motifs is 4. The summed E-state index contributed by atoms with van der Waals surface area (Å²) in [4.78, 5) is 26.9. The minimum atomic E-state index is -0.990. The Morgan fingerprint density at radius 3 is 2.46 bits per heavy atom. The van der Waals surface area contributed by atoms with Crippen LogP contribution in [0.1, 0.15) is 32.6 Å². The number of benzene rings is 3. The van der Waals surface area contributed by atoms with Gasteiger partial charge in [-0.1, -0.05) is 23.8 Å². The summed E-state index contributed by atoms with van der Waals surface area (Å²) in [7, 11) is 8.75. The van der Waals surface area contributed by atoms with Crippen molar-refractivity contribution in [2.45, 2.75) is 29.5 Å². The summed E-state index contributed by atoms with van der Waals surface area (Å²) in [5, 5.41) is 14.1. The van der Waals surface area contributed by atoms with E-state index in [1.807, 2.05) is 38.8 Å². The predicted molar refractivity (Wildman–Crippen MR) is 164 cm³/mol. The number of hydrogen-bond donors (Lipinski definition) is 1. The standard InChI is InChI=1S/C26H28B4ClN3O5/c1-13-3-4-21-14(5-13)6-18-12-32-20-11-23(22(38-2)10-19(20)24(35)33(18)21)39-26(29,30)16-7-15(25(27,28)31)8-17(9-16)34(36)37/h3-5,7-11,18,32H,6,12,27-30H2,1-2H3/t18-/m0/s1. The van der Waals surface area contributed by atoms with Crippen molar-refractivity contribution in [1.82, 2.24) is 0 Å². The number of nitro benzene ring substituents is 1. The second-order valence-corrected chi connectivity index (χ2v) is 12.2. The van der Waals surface area contributed by atoms with Crippen LogP contribution in [0.3, 0.4) is 0 Å². The van der Waals surface area contributed by atoms with Crippen LogP contribution < -0.4 is 19.7 Å². The Kier molecular flexibility index (Phi) is 6.66. The number of hydrogen-bond acceptors (Lipinski definition) is 6. The summed E-state index contributed by atoms with van der Waals surface area (Å²) < 4.78 is 11.3. The molecule has 0 saturated heterocycles. The third-order valence-corrected chi connectivity index (χ3v) is 7.69. The zero-order valence-corrected chi connectivity index (χ0v) is 23.7. The summed E-state index contributed by atoms with van der Waals surface area (Å²) >= 11 is 6.53. The maximum atomic E-state index is 13.8. The number of anilines is 2. The fourth-order valence-electron chi connectivity index (χ4n) is 5.31. The molecule has 196 valence electrons. The van der Waals surface area contributed by atoms with Crippen molar-refractivity contribution in [3.05, 3.63) is 86.5 Å². The van der Waals surface area contributed by atoms with Gasteiger partial charge in [0.2, 0.25) is 0 Å². The molecule has 1 amide bonds. The highest BCUT2D eigenvalue weighted by molar-refractivity contribution is 6.61. The lowest BCUT2D eigenvalue weighted by Crippen LogP contribution is -2.39. The zero-order chi connectivity index (χ0) is 28.3. The number of aryl methyl sites for hydroxylation is 1. The zero-order valence-electron chi connectivity index (χ0n) is 22.9. The van der Waals surface area contributed by atoms with Crippen molar-refractivity contribution >= 4 is 66.0 Å². The van der Waals surface area contributed by atoms with Crippen molar-refractivity contribution in [3.63, 3.8) is 0 Å². The number of amides is 1. The maximum Gasteiger partial charge on any atom is 0.270 e. The molecule has 8 nitrogen and oxygen atoms in total. The first-order valence-electron chi connectivity index (χ1n) is 12.9. The topological polar surface area (TPSA) is 93.9 Å². The summed E-state index contributed by atoms with van der Waals surface area (Å²) in [5.41, 5.74) is 5.56. The molecule has 5 rings (SSSR count). The van der Waals surface area contributed by atoms with Crippen LogP contribution in [0.4, 0.5) is 17.1 Å². The van der Waals surface area contributed by atoms with E-state index >= 15 is 0 Å². The Morgan fingerprint density at radius 1 is 1.08 bits per heavy atom. The lowest BCUT2D eigenvalue weighted by molar-refractivity contribution is -0.385. The summed E-state index contributed by atoms with van der Waals surface area (Å²) in [6.07, 6.45) is 0.781. The monoisotopic (exact) mass is 541 g/mol. The van der Waals surface area contributed by atoms with Gasteiger partial charge in [-0.25, -0.2) is 0 Å². The minimum absolute atomic E-state index is 0.00398. The molecule has 0 spiro atoms. The Morgan fingerprint density at radius 2 is 1.79 bits per heavy atom. The average Bonchev–Trinajstić information content (AvgIpc) is 3.17. The van der Waals surface area contributed by atoms with Gasteiger partial charge in [-0.2, -0.15) is 0 Å². The third kappa shape index (κ3) is 4.98. The van der Waals surface area contributed by atoms with Gasteiger partial charge in [0, 0.05) is 35.1 Å². The second-order valence-electron chi connectivity index (χ2n) is 11.2. The highest BCUT2D eigenvalue weighted by atomic mass is 35.5. The number of carbonyl (C=O) groups excluding carboxylic acids is 1. The molecule has 2 aliphatic heterocycles. The lowest BCUT2D eigenvalue weighted by atomic mass is 9.59. The van der Waals surface area contributed by atoms with Crippen LogP contribution in [0.25, 0.3) is 0 Å². The fraction of sp³-hybridized carbons (Fsp3) is 0.269. The van der Waals surface area contributed by atoms with Gasteiger partial charge >= 0.3 is 0 Å². The first-order valence-corrected chi connectivity index (χ1v) is 13.2. The van der Waals surface area contributed by atoms with Gasteiger partial charge in [-0.3, -0.25) is 14.9 Å². The smallest absolute Gasteiger partial charge is 0.270 e. The average molecular weight is 541 g/mol. The van der Waals surface area contributed by atoms with Crippen LogP contribution in [0.5, 0.6) is 11.5 Å². The van der Waals surface area contributed by atoms with Crippen molar-refractivity contribution in [2.24, 2.45) is 0 Å². The number of halogens is 1. The van der Waals surface area contributed by atoms with Crippen molar-refractivity contribution < 1.29 is 19.2 Å². The van der Waals surface area contributed by atoms with E-state index in [9.17, 15) is 14.9 Å².